The predicted octanol–water partition coefficient (Wildman–Crippen LogP) is 1.57. The van der Waals surface area contributed by atoms with Gasteiger partial charge in [-0.2, -0.15) is 0 Å². The first-order valence-corrected chi connectivity index (χ1v) is 9.53. The van der Waals surface area contributed by atoms with Gasteiger partial charge >= 0.3 is 0 Å². The number of aryl methyl sites for hydroxylation is 1. The summed E-state index contributed by atoms with van der Waals surface area (Å²) in [7, 11) is 0. The highest BCUT2D eigenvalue weighted by Gasteiger charge is 2.24. The molecule has 3 rings (SSSR count). The SMILES string of the molecule is CCOc1ccc(C(=O)NCCN2CCN(C(=O)c3cc(C)on3)CC2)cc1. The summed E-state index contributed by atoms with van der Waals surface area (Å²) in [4.78, 5) is 28.6. The second-order valence-corrected chi connectivity index (χ2v) is 6.67. The lowest BCUT2D eigenvalue weighted by atomic mass is 10.2. The van der Waals surface area contributed by atoms with E-state index in [-0.39, 0.29) is 11.8 Å². The Balaban J connectivity index is 1.38. The van der Waals surface area contributed by atoms with Crippen LogP contribution < -0.4 is 10.1 Å². The summed E-state index contributed by atoms with van der Waals surface area (Å²) in [5, 5.41) is 6.72. The quantitative estimate of drug-likeness (QED) is 0.777. The predicted molar refractivity (Wildman–Crippen MR) is 104 cm³/mol. The maximum atomic E-state index is 12.4. The highest BCUT2D eigenvalue weighted by Crippen LogP contribution is 2.12. The number of benzene rings is 1. The molecule has 150 valence electrons. The normalized spacial score (nSPS) is 14.7. The van der Waals surface area contributed by atoms with Crippen LogP contribution in [0.1, 0.15) is 33.5 Å². The Morgan fingerprint density at radius 3 is 2.50 bits per heavy atom. The van der Waals surface area contributed by atoms with Crippen molar-refractivity contribution in [3.05, 3.63) is 47.3 Å². The molecule has 2 amide bonds. The number of aromatic nitrogens is 1. The van der Waals surface area contributed by atoms with Gasteiger partial charge in [0.2, 0.25) is 0 Å². The van der Waals surface area contributed by atoms with Crippen molar-refractivity contribution in [3.63, 3.8) is 0 Å². The lowest BCUT2D eigenvalue weighted by Gasteiger charge is -2.34. The third-order valence-electron chi connectivity index (χ3n) is 4.65. The molecule has 0 bridgehead atoms. The fraction of sp³-hybridized carbons (Fsp3) is 0.450. The number of rotatable bonds is 7. The van der Waals surface area contributed by atoms with E-state index in [1.165, 1.54) is 0 Å². The smallest absolute Gasteiger partial charge is 0.276 e. The van der Waals surface area contributed by atoms with Crippen LogP contribution in [-0.2, 0) is 0 Å². The van der Waals surface area contributed by atoms with E-state index in [0.717, 1.165) is 25.4 Å². The zero-order chi connectivity index (χ0) is 19.9. The summed E-state index contributed by atoms with van der Waals surface area (Å²) < 4.78 is 10.4. The van der Waals surface area contributed by atoms with E-state index in [1.54, 1.807) is 42.2 Å². The average Bonchev–Trinajstić information content (AvgIpc) is 3.15. The van der Waals surface area contributed by atoms with Crippen LogP contribution in [0.5, 0.6) is 5.75 Å². The van der Waals surface area contributed by atoms with Crippen LogP contribution in [0.4, 0.5) is 0 Å². The Bertz CT molecular complexity index is 795. The van der Waals surface area contributed by atoms with Gasteiger partial charge in [0.05, 0.1) is 6.61 Å². The molecule has 1 aromatic heterocycles. The van der Waals surface area contributed by atoms with Gasteiger partial charge in [0, 0.05) is 50.9 Å². The molecule has 0 unspecified atom stereocenters. The van der Waals surface area contributed by atoms with Crippen LogP contribution in [0.3, 0.4) is 0 Å². The van der Waals surface area contributed by atoms with Gasteiger partial charge in [0.1, 0.15) is 11.5 Å². The second kappa shape index (κ2) is 9.36. The van der Waals surface area contributed by atoms with Crippen molar-refractivity contribution in [2.45, 2.75) is 13.8 Å². The minimum Gasteiger partial charge on any atom is -0.494 e. The monoisotopic (exact) mass is 386 g/mol. The summed E-state index contributed by atoms with van der Waals surface area (Å²) >= 11 is 0. The number of amides is 2. The second-order valence-electron chi connectivity index (χ2n) is 6.67. The lowest BCUT2D eigenvalue weighted by Crippen LogP contribution is -2.50. The average molecular weight is 386 g/mol. The van der Waals surface area contributed by atoms with E-state index in [4.69, 9.17) is 9.26 Å². The first-order chi connectivity index (χ1) is 13.6. The van der Waals surface area contributed by atoms with Crippen LogP contribution in [0.2, 0.25) is 0 Å². The van der Waals surface area contributed by atoms with E-state index in [9.17, 15) is 9.59 Å². The van der Waals surface area contributed by atoms with Gasteiger partial charge in [-0.05, 0) is 38.1 Å². The van der Waals surface area contributed by atoms with Crippen LogP contribution in [0.15, 0.2) is 34.9 Å². The molecule has 0 atom stereocenters. The number of piperazine rings is 1. The number of ether oxygens (including phenoxy) is 1. The zero-order valence-corrected chi connectivity index (χ0v) is 16.3. The molecule has 1 aliphatic heterocycles. The number of carbonyl (C=O) groups excluding carboxylic acids is 2. The number of hydrogen-bond acceptors (Lipinski definition) is 6. The highest BCUT2D eigenvalue weighted by atomic mass is 16.5. The molecule has 2 heterocycles. The first-order valence-electron chi connectivity index (χ1n) is 9.53. The summed E-state index contributed by atoms with van der Waals surface area (Å²) in [5.41, 5.74) is 0.968. The van der Waals surface area contributed by atoms with Gasteiger partial charge < -0.3 is 19.5 Å². The zero-order valence-electron chi connectivity index (χ0n) is 16.3. The Kier molecular flexibility index (Phi) is 6.65. The standard InChI is InChI=1S/C20H26N4O4/c1-3-27-17-6-4-16(5-7-17)19(25)21-8-9-23-10-12-24(13-11-23)20(26)18-14-15(2)28-22-18/h4-7,14H,3,8-13H2,1-2H3,(H,21,25). The fourth-order valence-electron chi connectivity index (χ4n) is 3.10. The molecule has 1 saturated heterocycles. The summed E-state index contributed by atoms with van der Waals surface area (Å²) in [6.45, 7) is 8.39. The van der Waals surface area contributed by atoms with E-state index in [1.807, 2.05) is 6.92 Å². The Morgan fingerprint density at radius 2 is 1.89 bits per heavy atom. The van der Waals surface area contributed by atoms with Crippen molar-refractivity contribution in [1.29, 1.82) is 0 Å². The summed E-state index contributed by atoms with van der Waals surface area (Å²) in [5.74, 6) is 1.19. The molecule has 1 fully saturated rings. The van der Waals surface area contributed by atoms with Crippen molar-refractivity contribution >= 4 is 11.8 Å². The molecular formula is C20H26N4O4. The van der Waals surface area contributed by atoms with Crippen molar-refractivity contribution in [2.24, 2.45) is 0 Å². The van der Waals surface area contributed by atoms with Crippen LogP contribution in [0, 0.1) is 6.92 Å². The van der Waals surface area contributed by atoms with E-state index in [0.29, 0.717) is 43.3 Å². The van der Waals surface area contributed by atoms with Crippen LogP contribution in [0.25, 0.3) is 0 Å². The molecule has 0 radical (unpaired) electrons. The summed E-state index contributed by atoms with van der Waals surface area (Å²) in [6, 6.07) is 8.77. The number of carbonyl (C=O) groups is 2. The minimum absolute atomic E-state index is 0.0969. The maximum Gasteiger partial charge on any atom is 0.276 e. The van der Waals surface area contributed by atoms with E-state index >= 15 is 0 Å². The molecule has 1 N–H and O–H groups in total. The van der Waals surface area contributed by atoms with Gasteiger partial charge in [0.25, 0.3) is 11.8 Å². The van der Waals surface area contributed by atoms with Gasteiger partial charge in [-0.15, -0.1) is 0 Å². The molecule has 8 nitrogen and oxygen atoms in total. The van der Waals surface area contributed by atoms with Crippen LogP contribution >= 0.6 is 0 Å². The number of nitrogens with zero attached hydrogens (tertiary/aromatic N) is 3. The first kappa shape index (κ1) is 19.9. The Morgan fingerprint density at radius 1 is 1.18 bits per heavy atom. The van der Waals surface area contributed by atoms with E-state index < -0.39 is 0 Å². The van der Waals surface area contributed by atoms with Gasteiger partial charge in [0.15, 0.2) is 5.69 Å². The number of nitrogens with one attached hydrogen (secondary N) is 1. The van der Waals surface area contributed by atoms with Crippen molar-refractivity contribution in [1.82, 2.24) is 20.3 Å². The molecule has 2 aromatic rings. The molecule has 0 spiro atoms. The minimum atomic E-state index is -0.0988. The fourth-order valence-corrected chi connectivity index (χ4v) is 3.10. The maximum absolute atomic E-state index is 12.4. The molecule has 0 saturated carbocycles. The molecule has 8 heteroatoms. The molecule has 28 heavy (non-hydrogen) atoms. The number of hydrogen-bond donors (Lipinski definition) is 1. The molecular weight excluding hydrogens is 360 g/mol. The topological polar surface area (TPSA) is 87.9 Å². The lowest BCUT2D eigenvalue weighted by molar-refractivity contribution is 0.0628. The van der Waals surface area contributed by atoms with Gasteiger partial charge in [-0.25, -0.2) is 0 Å². The van der Waals surface area contributed by atoms with Crippen molar-refractivity contribution < 1.29 is 18.8 Å². The van der Waals surface area contributed by atoms with Gasteiger partial charge in [-0.3, -0.25) is 14.5 Å². The summed E-state index contributed by atoms with van der Waals surface area (Å²) in [6.07, 6.45) is 0. The van der Waals surface area contributed by atoms with E-state index in [2.05, 4.69) is 15.4 Å². The largest absolute Gasteiger partial charge is 0.494 e. The Labute approximate surface area is 164 Å². The third-order valence-corrected chi connectivity index (χ3v) is 4.65. The molecule has 1 aliphatic rings. The van der Waals surface area contributed by atoms with Gasteiger partial charge in [-0.1, -0.05) is 5.16 Å². The van der Waals surface area contributed by atoms with Crippen molar-refractivity contribution in [3.8, 4) is 5.75 Å². The van der Waals surface area contributed by atoms with Crippen molar-refractivity contribution in [2.75, 3.05) is 45.9 Å². The highest BCUT2D eigenvalue weighted by molar-refractivity contribution is 5.94. The van der Waals surface area contributed by atoms with Crippen LogP contribution in [-0.4, -0.2) is 72.6 Å². The third kappa shape index (κ3) is 5.10. The molecule has 0 aliphatic carbocycles. The Hall–Kier alpha value is -2.87. The molecule has 1 aromatic carbocycles.